The average Bonchev–Trinajstić information content (AvgIpc) is 2.84. The zero-order valence-electron chi connectivity index (χ0n) is 10.6. The Kier molecular flexibility index (Phi) is 4.15. The van der Waals surface area contributed by atoms with Crippen molar-refractivity contribution in [2.24, 2.45) is 0 Å². The molecule has 1 aromatic carbocycles. The van der Waals surface area contributed by atoms with Crippen LogP contribution in [-0.4, -0.2) is 24.1 Å². The Labute approximate surface area is 107 Å². The Morgan fingerprint density at radius 2 is 2.39 bits per heavy atom. The summed E-state index contributed by atoms with van der Waals surface area (Å²) in [4.78, 5) is 10.6. The molecule has 1 aromatic rings. The van der Waals surface area contributed by atoms with Crippen molar-refractivity contribution in [3.63, 3.8) is 0 Å². The Morgan fingerprint density at radius 1 is 1.56 bits per heavy atom. The minimum Gasteiger partial charge on any atom is -0.379 e. The SMILES string of the molecule is Cc1ccc(NCCC2CCCN2)c([N+](=O)[O-])c1. The molecule has 5 nitrogen and oxygen atoms in total. The summed E-state index contributed by atoms with van der Waals surface area (Å²) < 4.78 is 0. The molecule has 0 amide bonds. The minimum absolute atomic E-state index is 0.161. The van der Waals surface area contributed by atoms with E-state index in [2.05, 4.69) is 10.6 Å². The van der Waals surface area contributed by atoms with Crippen LogP contribution < -0.4 is 10.6 Å². The number of benzene rings is 1. The monoisotopic (exact) mass is 249 g/mol. The van der Waals surface area contributed by atoms with Crippen LogP contribution in [0.2, 0.25) is 0 Å². The lowest BCUT2D eigenvalue weighted by Crippen LogP contribution is -2.24. The molecule has 1 heterocycles. The third-order valence-electron chi connectivity index (χ3n) is 3.32. The van der Waals surface area contributed by atoms with E-state index in [4.69, 9.17) is 0 Å². The van der Waals surface area contributed by atoms with E-state index >= 15 is 0 Å². The van der Waals surface area contributed by atoms with E-state index in [-0.39, 0.29) is 10.6 Å². The van der Waals surface area contributed by atoms with Gasteiger partial charge in [0.15, 0.2) is 0 Å². The first-order valence-corrected chi connectivity index (χ1v) is 6.39. The maximum atomic E-state index is 10.9. The summed E-state index contributed by atoms with van der Waals surface area (Å²) in [5.74, 6) is 0. The molecule has 1 atom stereocenters. The van der Waals surface area contributed by atoms with Crippen LogP contribution in [0.25, 0.3) is 0 Å². The van der Waals surface area contributed by atoms with E-state index in [0.717, 1.165) is 25.1 Å². The van der Waals surface area contributed by atoms with Gasteiger partial charge < -0.3 is 10.6 Å². The van der Waals surface area contributed by atoms with E-state index in [1.165, 1.54) is 12.8 Å². The van der Waals surface area contributed by atoms with Crippen LogP contribution >= 0.6 is 0 Å². The summed E-state index contributed by atoms with van der Waals surface area (Å²) in [5.41, 5.74) is 1.68. The van der Waals surface area contributed by atoms with Crippen molar-refractivity contribution in [3.05, 3.63) is 33.9 Å². The highest BCUT2D eigenvalue weighted by molar-refractivity contribution is 5.62. The fourth-order valence-electron chi connectivity index (χ4n) is 2.33. The van der Waals surface area contributed by atoms with Gasteiger partial charge in [-0.2, -0.15) is 0 Å². The normalized spacial score (nSPS) is 18.8. The number of nitro groups is 1. The number of hydrogen-bond donors (Lipinski definition) is 2. The predicted octanol–water partition coefficient (Wildman–Crippen LogP) is 2.46. The van der Waals surface area contributed by atoms with E-state index in [1.54, 1.807) is 12.1 Å². The molecular weight excluding hydrogens is 230 g/mol. The van der Waals surface area contributed by atoms with Crippen molar-refractivity contribution in [3.8, 4) is 0 Å². The molecule has 1 aliphatic rings. The molecule has 1 unspecified atom stereocenters. The predicted molar refractivity (Wildman–Crippen MR) is 72.0 cm³/mol. The van der Waals surface area contributed by atoms with E-state index in [9.17, 15) is 10.1 Å². The molecule has 0 aliphatic carbocycles. The average molecular weight is 249 g/mol. The molecule has 1 fully saturated rings. The van der Waals surface area contributed by atoms with Gasteiger partial charge in [-0.15, -0.1) is 0 Å². The van der Waals surface area contributed by atoms with Gasteiger partial charge in [-0.3, -0.25) is 10.1 Å². The van der Waals surface area contributed by atoms with Gasteiger partial charge in [-0.25, -0.2) is 0 Å². The Bertz CT molecular complexity index is 428. The molecule has 2 rings (SSSR count). The Balaban J connectivity index is 1.93. The van der Waals surface area contributed by atoms with Crippen LogP contribution in [0.15, 0.2) is 18.2 Å². The van der Waals surface area contributed by atoms with Gasteiger partial charge in [0.2, 0.25) is 0 Å². The van der Waals surface area contributed by atoms with Crippen LogP contribution in [0.4, 0.5) is 11.4 Å². The number of hydrogen-bond acceptors (Lipinski definition) is 4. The maximum Gasteiger partial charge on any atom is 0.292 e. The minimum atomic E-state index is -0.330. The molecule has 5 heteroatoms. The number of anilines is 1. The summed E-state index contributed by atoms with van der Waals surface area (Å²) in [6.07, 6.45) is 3.44. The Morgan fingerprint density at radius 3 is 3.06 bits per heavy atom. The molecule has 98 valence electrons. The Hall–Kier alpha value is -1.62. The first kappa shape index (κ1) is 12.8. The topological polar surface area (TPSA) is 67.2 Å². The maximum absolute atomic E-state index is 10.9. The van der Waals surface area contributed by atoms with Gasteiger partial charge in [0, 0.05) is 18.7 Å². The van der Waals surface area contributed by atoms with Crippen molar-refractivity contribution in [2.45, 2.75) is 32.2 Å². The second-order valence-corrected chi connectivity index (χ2v) is 4.79. The third-order valence-corrected chi connectivity index (χ3v) is 3.32. The summed E-state index contributed by atoms with van der Waals surface area (Å²) in [6, 6.07) is 5.84. The summed E-state index contributed by atoms with van der Waals surface area (Å²) in [6.45, 7) is 3.72. The van der Waals surface area contributed by atoms with Crippen LogP contribution in [0.1, 0.15) is 24.8 Å². The molecule has 1 aliphatic heterocycles. The molecule has 1 saturated heterocycles. The summed E-state index contributed by atoms with van der Waals surface area (Å²) in [5, 5.41) is 17.5. The highest BCUT2D eigenvalue weighted by Gasteiger charge is 2.16. The largest absolute Gasteiger partial charge is 0.379 e. The molecular formula is C13H19N3O2. The standard InChI is InChI=1S/C13H19N3O2/c1-10-4-5-12(13(9-10)16(17)18)15-8-6-11-3-2-7-14-11/h4-5,9,11,14-15H,2-3,6-8H2,1H3. The first-order valence-electron chi connectivity index (χ1n) is 6.39. The number of nitrogens with zero attached hydrogens (tertiary/aromatic N) is 1. The van der Waals surface area contributed by atoms with Crippen molar-refractivity contribution >= 4 is 11.4 Å². The molecule has 0 bridgehead atoms. The van der Waals surface area contributed by atoms with Crippen LogP contribution in [0, 0.1) is 17.0 Å². The molecule has 0 spiro atoms. The molecule has 2 N–H and O–H groups in total. The zero-order valence-corrected chi connectivity index (χ0v) is 10.6. The molecule has 0 saturated carbocycles. The molecule has 0 radical (unpaired) electrons. The van der Waals surface area contributed by atoms with Gasteiger partial charge >= 0.3 is 0 Å². The second kappa shape index (κ2) is 5.82. The number of aryl methyl sites for hydroxylation is 1. The fraction of sp³-hybridized carbons (Fsp3) is 0.538. The van der Waals surface area contributed by atoms with E-state index < -0.39 is 0 Å². The van der Waals surface area contributed by atoms with Gasteiger partial charge in [0.1, 0.15) is 5.69 Å². The summed E-state index contributed by atoms with van der Waals surface area (Å²) in [7, 11) is 0. The second-order valence-electron chi connectivity index (χ2n) is 4.79. The molecule has 18 heavy (non-hydrogen) atoms. The smallest absolute Gasteiger partial charge is 0.292 e. The lowest BCUT2D eigenvalue weighted by molar-refractivity contribution is -0.384. The van der Waals surface area contributed by atoms with Crippen molar-refractivity contribution < 1.29 is 4.92 Å². The fourth-order valence-corrected chi connectivity index (χ4v) is 2.33. The zero-order chi connectivity index (χ0) is 13.0. The van der Waals surface area contributed by atoms with Gasteiger partial charge in [0.05, 0.1) is 4.92 Å². The van der Waals surface area contributed by atoms with Crippen LogP contribution in [-0.2, 0) is 0 Å². The first-order chi connectivity index (χ1) is 8.66. The van der Waals surface area contributed by atoms with Gasteiger partial charge in [-0.1, -0.05) is 6.07 Å². The van der Waals surface area contributed by atoms with Crippen LogP contribution in [0.5, 0.6) is 0 Å². The van der Waals surface area contributed by atoms with Gasteiger partial charge in [-0.05, 0) is 44.4 Å². The van der Waals surface area contributed by atoms with Crippen molar-refractivity contribution in [1.82, 2.24) is 5.32 Å². The van der Waals surface area contributed by atoms with E-state index in [1.807, 2.05) is 13.0 Å². The lowest BCUT2D eigenvalue weighted by Gasteiger charge is -2.12. The van der Waals surface area contributed by atoms with Crippen molar-refractivity contribution in [1.29, 1.82) is 0 Å². The number of nitrogens with one attached hydrogen (secondary N) is 2. The highest BCUT2D eigenvalue weighted by Crippen LogP contribution is 2.25. The van der Waals surface area contributed by atoms with E-state index in [0.29, 0.717) is 11.7 Å². The van der Waals surface area contributed by atoms with Gasteiger partial charge in [0.25, 0.3) is 5.69 Å². The highest BCUT2D eigenvalue weighted by atomic mass is 16.6. The number of nitro benzene ring substituents is 1. The van der Waals surface area contributed by atoms with Crippen molar-refractivity contribution in [2.75, 3.05) is 18.4 Å². The quantitative estimate of drug-likeness (QED) is 0.621. The number of rotatable bonds is 5. The lowest BCUT2D eigenvalue weighted by atomic mass is 10.1. The molecule has 0 aromatic heterocycles. The third kappa shape index (κ3) is 3.20. The summed E-state index contributed by atoms with van der Waals surface area (Å²) >= 11 is 0. The van der Waals surface area contributed by atoms with Crippen LogP contribution in [0.3, 0.4) is 0 Å².